The van der Waals surface area contributed by atoms with Gasteiger partial charge in [0.1, 0.15) is 5.37 Å². The molecule has 1 unspecified atom stereocenters. The predicted molar refractivity (Wildman–Crippen MR) is 64.1 cm³/mol. The summed E-state index contributed by atoms with van der Waals surface area (Å²) in [5.41, 5.74) is 0. The average Bonchev–Trinajstić information content (AvgIpc) is 2.04. The van der Waals surface area contributed by atoms with Gasteiger partial charge >= 0.3 is 0 Å². The molecule has 0 aromatic heterocycles. The minimum absolute atomic E-state index is 0.459. The zero-order valence-corrected chi connectivity index (χ0v) is 12.3. The van der Waals surface area contributed by atoms with Crippen molar-refractivity contribution in [1.29, 1.82) is 0 Å². The zero-order valence-electron chi connectivity index (χ0n) is 6.76. The van der Waals surface area contributed by atoms with Crippen molar-refractivity contribution in [3.63, 3.8) is 0 Å². The van der Waals surface area contributed by atoms with E-state index >= 15 is 0 Å². The van der Waals surface area contributed by atoms with Gasteiger partial charge in [0, 0.05) is 0 Å². The van der Waals surface area contributed by atoms with Crippen LogP contribution in [0.2, 0.25) is 0 Å². The summed E-state index contributed by atoms with van der Waals surface area (Å²) in [5.74, 6) is 0. The number of halogens is 3. The molecule has 3 nitrogen and oxygen atoms in total. The Labute approximate surface area is 103 Å². The summed E-state index contributed by atoms with van der Waals surface area (Å²) in [4.78, 5) is 0. The summed E-state index contributed by atoms with van der Waals surface area (Å²) in [5, 5.41) is 2.53. The molecule has 1 atom stereocenters. The molecule has 1 aliphatic heterocycles. The number of nitrogens with one attached hydrogen (secondary N) is 1. The van der Waals surface area contributed by atoms with Crippen molar-refractivity contribution in [2.24, 2.45) is 0 Å². The van der Waals surface area contributed by atoms with Gasteiger partial charge in [-0.15, -0.1) is 0 Å². The molecule has 0 bridgehead atoms. The second-order valence-electron chi connectivity index (χ2n) is 2.93. The summed E-state index contributed by atoms with van der Waals surface area (Å²) in [6.45, 7) is 0.771. The first kappa shape index (κ1) is 12.4. The molecule has 13 heavy (non-hydrogen) atoms. The Morgan fingerprint density at radius 2 is 1.85 bits per heavy atom. The molecule has 0 saturated carbocycles. The smallest absolute Gasteiger partial charge is 0.236 e. The Morgan fingerprint density at radius 3 is 2.23 bits per heavy atom. The molecule has 1 N–H and O–H groups in total. The van der Waals surface area contributed by atoms with Crippen molar-refractivity contribution in [2.75, 3.05) is 6.54 Å². The molecule has 1 rings (SSSR count). The summed E-state index contributed by atoms with van der Waals surface area (Å²) >= 11 is 9.12. The summed E-state index contributed by atoms with van der Waals surface area (Å²) in [6.07, 6.45) is 2.68. The van der Waals surface area contributed by atoms with Gasteiger partial charge in [-0.3, -0.25) is 0 Å². The van der Waals surface area contributed by atoms with E-state index in [1.54, 1.807) is 0 Å². The Morgan fingerprint density at radius 1 is 1.23 bits per heavy atom. The van der Waals surface area contributed by atoms with Gasteiger partial charge in [-0.2, -0.15) is 0 Å². The molecule has 0 spiro atoms. The molecule has 1 aliphatic rings. The number of alkyl halides is 3. The Kier molecular flexibility index (Phi) is 4.27. The summed E-state index contributed by atoms with van der Waals surface area (Å²) in [7, 11) is -3.26. The van der Waals surface area contributed by atoms with Crippen LogP contribution in [0.25, 0.3) is 0 Å². The van der Waals surface area contributed by atoms with E-state index in [-0.39, 0.29) is 0 Å². The highest BCUT2D eigenvalue weighted by molar-refractivity contribution is 9.42. The van der Waals surface area contributed by atoms with Crippen LogP contribution in [-0.4, -0.2) is 21.8 Å². The SMILES string of the molecule is O=S(=O)(C1CCCCN1)C(Br)(Br)Br. The van der Waals surface area contributed by atoms with E-state index in [4.69, 9.17) is 0 Å². The molecular formula is C6H10Br3NO2S. The molecule has 0 aromatic rings. The first-order valence-corrected chi connectivity index (χ1v) is 7.82. The lowest BCUT2D eigenvalue weighted by Crippen LogP contribution is -2.44. The topological polar surface area (TPSA) is 46.2 Å². The number of piperidine rings is 1. The molecule has 0 aliphatic carbocycles. The van der Waals surface area contributed by atoms with E-state index in [2.05, 4.69) is 53.1 Å². The lowest BCUT2D eigenvalue weighted by molar-refractivity contribution is 0.462. The second-order valence-corrected chi connectivity index (χ2v) is 13.5. The quantitative estimate of drug-likeness (QED) is 0.688. The maximum Gasteiger partial charge on any atom is 0.236 e. The number of rotatable bonds is 1. The van der Waals surface area contributed by atoms with Crippen molar-refractivity contribution in [1.82, 2.24) is 5.32 Å². The number of sulfone groups is 1. The molecule has 1 heterocycles. The van der Waals surface area contributed by atoms with Crippen LogP contribution in [0, 0.1) is 0 Å². The van der Waals surface area contributed by atoms with Crippen molar-refractivity contribution in [2.45, 2.75) is 26.1 Å². The molecule has 7 heteroatoms. The standard InChI is InChI=1S/C6H10Br3NO2S/c7-6(8,9)13(11,12)5-3-1-2-4-10-5/h5,10H,1-4H2. The predicted octanol–water partition coefficient (Wildman–Crippen LogP) is 2.30. The highest BCUT2D eigenvalue weighted by Gasteiger charge is 2.42. The third-order valence-electron chi connectivity index (χ3n) is 1.96. The Balaban J connectivity index is 2.80. The van der Waals surface area contributed by atoms with Crippen LogP contribution < -0.4 is 5.32 Å². The Hall–Kier alpha value is 1.35. The maximum absolute atomic E-state index is 11.8. The number of hydrogen-bond donors (Lipinski definition) is 1. The van der Waals surface area contributed by atoms with Crippen LogP contribution >= 0.6 is 47.8 Å². The van der Waals surface area contributed by atoms with Crippen LogP contribution in [-0.2, 0) is 9.84 Å². The average molecular weight is 400 g/mol. The summed E-state index contributed by atoms with van der Waals surface area (Å²) in [6, 6.07) is 0. The largest absolute Gasteiger partial charge is 0.301 e. The van der Waals surface area contributed by atoms with E-state index in [0.29, 0.717) is 6.42 Å². The third kappa shape index (κ3) is 2.90. The highest BCUT2D eigenvalue weighted by atomic mass is 80.0. The minimum atomic E-state index is -3.26. The first-order chi connectivity index (χ1) is 5.86. The van der Waals surface area contributed by atoms with Gasteiger partial charge < -0.3 is 5.32 Å². The van der Waals surface area contributed by atoms with Crippen molar-refractivity contribution in [3.8, 4) is 0 Å². The van der Waals surface area contributed by atoms with Gasteiger partial charge in [0.2, 0.25) is 11.3 Å². The van der Waals surface area contributed by atoms with E-state index in [1.807, 2.05) is 0 Å². The molecule has 0 amide bonds. The van der Waals surface area contributed by atoms with Crippen LogP contribution in [0.1, 0.15) is 19.3 Å². The van der Waals surface area contributed by atoms with Crippen molar-refractivity contribution >= 4 is 57.6 Å². The fraction of sp³-hybridized carbons (Fsp3) is 1.00. The van der Waals surface area contributed by atoms with E-state index in [9.17, 15) is 8.42 Å². The van der Waals surface area contributed by atoms with Crippen molar-refractivity contribution in [3.05, 3.63) is 0 Å². The summed E-state index contributed by atoms with van der Waals surface area (Å²) < 4.78 is 22.4. The van der Waals surface area contributed by atoms with Crippen LogP contribution in [0.4, 0.5) is 0 Å². The van der Waals surface area contributed by atoms with Gasteiger partial charge in [0.15, 0.2) is 0 Å². The number of hydrogen-bond acceptors (Lipinski definition) is 3. The van der Waals surface area contributed by atoms with E-state index in [1.165, 1.54) is 0 Å². The maximum atomic E-state index is 11.8. The molecule has 1 saturated heterocycles. The van der Waals surface area contributed by atoms with Crippen LogP contribution in [0.15, 0.2) is 0 Å². The fourth-order valence-electron chi connectivity index (χ4n) is 1.25. The van der Waals surface area contributed by atoms with E-state index in [0.717, 1.165) is 19.4 Å². The Bertz CT molecular complexity index is 266. The fourth-order valence-corrected chi connectivity index (χ4v) is 4.41. The lowest BCUT2D eigenvalue weighted by atomic mass is 10.2. The first-order valence-electron chi connectivity index (χ1n) is 3.89. The molecule has 78 valence electrons. The highest BCUT2D eigenvalue weighted by Crippen LogP contribution is 2.42. The van der Waals surface area contributed by atoms with Gasteiger partial charge in [-0.05, 0) is 73.6 Å². The lowest BCUT2D eigenvalue weighted by Gasteiger charge is -2.27. The van der Waals surface area contributed by atoms with Crippen molar-refractivity contribution < 1.29 is 8.42 Å². The molecular weight excluding hydrogens is 390 g/mol. The molecule has 0 radical (unpaired) electrons. The molecule has 1 fully saturated rings. The minimum Gasteiger partial charge on any atom is -0.301 e. The van der Waals surface area contributed by atoms with Crippen LogP contribution in [0.3, 0.4) is 0 Å². The third-order valence-corrected chi connectivity index (χ3v) is 7.82. The zero-order chi connectivity index (χ0) is 10.1. The van der Waals surface area contributed by atoms with Gasteiger partial charge in [-0.1, -0.05) is 0 Å². The molecule has 0 aromatic carbocycles. The monoisotopic (exact) mass is 397 g/mol. The normalized spacial score (nSPS) is 25.9. The van der Waals surface area contributed by atoms with E-state index < -0.39 is 16.7 Å². The van der Waals surface area contributed by atoms with Crippen LogP contribution in [0.5, 0.6) is 0 Å². The van der Waals surface area contributed by atoms with Gasteiger partial charge in [0.25, 0.3) is 0 Å². The van der Waals surface area contributed by atoms with Gasteiger partial charge in [-0.25, -0.2) is 8.42 Å². The second kappa shape index (κ2) is 4.47. The van der Waals surface area contributed by atoms with Gasteiger partial charge in [0.05, 0.1) is 0 Å².